The molecule has 0 spiro atoms. The van der Waals surface area contributed by atoms with Crippen molar-refractivity contribution in [2.24, 2.45) is 5.92 Å². The number of nitrogens with zero attached hydrogens (tertiary/aromatic N) is 1. The molecular formula is C18H22N2O. The van der Waals surface area contributed by atoms with Crippen LogP contribution in [-0.4, -0.2) is 24.2 Å². The fraction of sp³-hybridized carbons (Fsp3) is 0.389. The molecule has 2 heterocycles. The number of pyridine rings is 1. The Morgan fingerprint density at radius 2 is 1.90 bits per heavy atom. The zero-order chi connectivity index (χ0) is 14.3. The molecule has 0 amide bonds. The van der Waals surface area contributed by atoms with Gasteiger partial charge in [-0.15, -0.1) is 0 Å². The van der Waals surface area contributed by atoms with Gasteiger partial charge in [-0.1, -0.05) is 36.4 Å². The number of aromatic nitrogens is 1. The molecule has 1 aromatic carbocycles. The maximum atomic E-state index is 6.03. The lowest BCUT2D eigenvalue weighted by Crippen LogP contribution is -2.41. The van der Waals surface area contributed by atoms with Crippen LogP contribution in [0.1, 0.15) is 17.5 Å². The summed E-state index contributed by atoms with van der Waals surface area (Å²) >= 11 is 0. The third kappa shape index (κ3) is 4.38. The third-order valence-corrected chi connectivity index (χ3v) is 3.98. The SMILES string of the molecule is c1ccc(CC2CNCC(OCc3cccnc3)C2)cc1. The first-order valence-electron chi connectivity index (χ1n) is 7.65. The van der Waals surface area contributed by atoms with Gasteiger partial charge in [-0.25, -0.2) is 0 Å². The zero-order valence-corrected chi connectivity index (χ0v) is 12.2. The minimum atomic E-state index is 0.299. The molecule has 0 saturated carbocycles. The molecule has 1 aromatic heterocycles. The van der Waals surface area contributed by atoms with Gasteiger partial charge in [0.25, 0.3) is 0 Å². The monoisotopic (exact) mass is 282 g/mol. The number of hydrogen-bond donors (Lipinski definition) is 1. The molecule has 3 heteroatoms. The lowest BCUT2D eigenvalue weighted by atomic mass is 9.91. The fourth-order valence-corrected chi connectivity index (χ4v) is 2.91. The van der Waals surface area contributed by atoms with Crippen LogP contribution in [0.15, 0.2) is 54.9 Å². The molecule has 0 radical (unpaired) electrons. The number of rotatable bonds is 5. The van der Waals surface area contributed by atoms with Gasteiger partial charge < -0.3 is 10.1 Å². The topological polar surface area (TPSA) is 34.1 Å². The number of benzene rings is 1. The van der Waals surface area contributed by atoms with E-state index in [0.717, 1.165) is 31.5 Å². The Balaban J connectivity index is 1.49. The van der Waals surface area contributed by atoms with Gasteiger partial charge in [-0.05, 0) is 42.5 Å². The second-order valence-corrected chi connectivity index (χ2v) is 5.74. The quantitative estimate of drug-likeness (QED) is 0.915. The van der Waals surface area contributed by atoms with Crippen molar-refractivity contribution >= 4 is 0 Å². The predicted molar refractivity (Wildman–Crippen MR) is 83.9 cm³/mol. The standard InChI is InChI=1S/C18H22N2O/c1-2-5-15(6-3-1)9-17-10-18(13-20-12-17)21-14-16-7-4-8-19-11-16/h1-8,11,17-18,20H,9-10,12-14H2. The van der Waals surface area contributed by atoms with Crippen LogP contribution in [0.4, 0.5) is 0 Å². The van der Waals surface area contributed by atoms with E-state index in [4.69, 9.17) is 4.74 Å². The van der Waals surface area contributed by atoms with Crippen LogP contribution in [0, 0.1) is 5.92 Å². The van der Waals surface area contributed by atoms with Gasteiger partial charge in [-0.2, -0.15) is 0 Å². The van der Waals surface area contributed by atoms with Crippen molar-refractivity contribution in [1.82, 2.24) is 10.3 Å². The Morgan fingerprint density at radius 1 is 1.05 bits per heavy atom. The van der Waals surface area contributed by atoms with E-state index < -0.39 is 0 Å². The van der Waals surface area contributed by atoms with Crippen molar-refractivity contribution in [2.45, 2.75) is 25.6 Å². The summed E-state index contributed by atoms with van der Waals surface area (Å²) < 4.78 is 6.03. The average molecular weight is 282 g/mol. The largest absolute Gasteiger partial charge is 0.372 e. The van der Waals surface area contributed by atoms with Gasteiger partial charge in [0, 0.05) is 18.9 Å². The molecule has 0 bridgehead atoms. The average Bonchev–Trinajstić information content (AvgIpc) is 2.55. The van der Waals surface area contributed by atoms with Gasteiger partial charge >= 0.3 is 0 Å². The number of ether oxygens (including phenoxy) is 1. The Kier molecular flexibility index (Phi) is 4.98. The van der Waals surface area contributed by atoms with E-state index in [0.29, 0.717) is 18.6 Å². The van der Waals surface area contributed by atoms with E-state index in [1.807, 2.05) is 12.3 Å². The molecule has 1 fully saturated rings. The van der Waals surface area contributed by atoms with Crippen LogP contribution in [0.3, 0.4) is 0 Å². The number of piperidine rings is 1. The van der Waals surface area contributed by atoms with Crippen LogP contribution in [0.2, 0.25) is 0 Å². The lowest BCUT2D eigenvalue weighted by molar-refractivity contribution is 0.0113. The number of hydrogen-bond acceptors (Lipinski definition) is 3. The van der Waals surface area contributed by atoms with Crippen LogP contribution in [0.25, 0.3) is 0 Å². The van der Waals surface area contributed by atoms with Crippen molar-refractivity contribution in [1.29, 1.82) is 0 Å². The molecule has 2 unspecified atom stereocenters. The van der Waals surface area contributed by atoms with E-state index in [9.17, 15) is 0 Å². The fourth-order valence-electron chi connectivity index (χ4n) is 2.91. The van der Waals surface area contributed by atoms with Crippen LogP contribution >= 0.6 is 0 Å². The van der Waals surface area contributed by atoms with E-state index in [1.165, 1.54) is 5.56 Å². The summed E-state index contributed by atoms with van der Waals surface area (Å²) in [6.45, 7) is 2.69. The molecule has 110 valence electrons. The summed E-state index contributed by atoms with van der Waals surface area (Å²) in [6.07, 6.45) is 6.22. The molecule has 3 nitrogen and oxygen atoms in total. The molecular weight excluding hydrogens is 260 g/mol. The predicted octanol–water partition coefficient (Wildman–Crippen LogP) is 2.82. The normalized spacial score (nSPS) is 22.1. The number of nitrogens with one attached hydrogen (secondary N) is 1. The summed E-state index contributed by atoms with van der Waals surface area (Å²) in [7, 11) is 0. The lowest BCUT2D eigenvalue weighted by Gasteiger charge is -2.30. The smallest absolute Gasteiger partial charge is 0.0736 e. The highest BCUT2D eigenvalue weighted by atomic mass is 16.5. The summed E-state index contributed by atoms with van der Waals surface area (Å²) in [5.41, 5.74) is 2.56. The molecule has 2 atom stereocenters. The zero-order valence-electron chi connectivity index (χ0n) is 12.2. The minimum absolute atomic E-state index is 0.299. The highest BCUT2D eigenvalue weighted by Gasteiger charge is 2.22. The van der Waals surface area contributed by atoms with Crippen LogP contribution in [0.5, 0.6) is 0 Å². The van der Waals surface area contributed by atoms with Crippen molar-refractivity contribution < 1.29 is 4.74 Å². The first kappa shape index (κ1) is 14.2. The molecule has 2 aromatic rings. The van der Waals surface area contributed by atoms with E-state index in [-0.39, 0.29) is 0 Å². The van der Waals surface area contributed by atoms with Gasteiger partial charge in [0.2, 0.25) is 0 Å². The second-order valence-electron chi connectivity index (χ2n) is 5.74. The van der Waals surface area contributed by atoms with E-state index in [2.05, 4.69) is 46.7 Å². The van der Waals surface area contributed by atoms with E-state index >= 15 is 0 Å². The maximum Gasteiger partial charge on any atom is 0.0736 e. The van der Waals surface area contributed by atoms with Gasteiger partial charge in [0.15, 0.2) is 0 Å². The minimum Gasteiger partial charge on any atom is -0.372 e. The Morgan fingerprint density at radius 3 is 2.71 bits per heavy atom. The highest BCUT2D eigenvalue weighted by Crippen LogP contribution is 2.19. The highest BCUT2D eigenvalue weighted by molar-refractivity contribution is 5.15. The first-order valence-corrected chi connectivity index (χ1v) is 7.65. The molecule has 1 N–H and O–H groups in total. The summed E-state index contributed by atoms with van der Waals surface area (Å²) in [5, 5.41) is 3.50. The van der Waals surface area contributed by atoms with Crippen molar-refractivity contribution in [3.8, 4) is 0 Å². The molecule has 1 aliphatic heterocycles. The molecule has 1 aliphatic rings. The van der Waals surface area contributed by atoms with Crippen molar-refractivity contribution in [3.63, 3.8) is 0 Å². The second kappa shape index (κ2) is 7.34. The summed E-state index contributed by atoms with van der Waals surface area (Å²) in [5.74, 6) is 0.653. The van der Waals surface area contributed by atoms with Gasteiger partial charge in [-0.3, -0.25) is 4.98 Å². The molecule has 3 rings (SSSR count). The van der Waals surface area contributed by atoms with Crippen LogP contribution in [-0.2, 0) is 17.8 Å². The molecule has 0 aliphatic carbocycles. The third-order valence-electron chi connectivity index (χ3n) is 3.98. The Bertz CT molecular complexity index is 529. The summed E-state index contributed by atoms with van der Waals surface area (Å²) in [6, 6.07) is 14.7. The Hall–Kier alpha value is -1.71. The first-order chi connectivity index (χ1) is 10.4. The maximum absolute atomic E-state index is 6.03. The van der Waals surface area contributed by atoms with Gasteiger partial charge in [0.1, 0.15) is 0 Å². The van der Waals surface area contributed by atoms with E-state index in [1.54, 1.807) is 6.20 Å². The summed E-state index contributed by atoms with van der Waals surface area (Å²) in [4.78, 5) is 4.12. The molecule has 1 saturated heterocycles. The van der Waals surface area contributed by atoms with Gasteiger partial charge in [0.05, 0.1) is 12.7 Å². The molecule has 21 heavy (non-hydrogen) atoms. The van der Waals surface area contributed by atoms with Crippen molar-refractivity contribution in [3.05, 3.63) is 66.0 Å². The Labute approximate surface area is 126 Å². The van der Waals surface area contributed by atoms with Crippen molar-refractivity contribution in [2.75, 3.05) is 13.1 Å². The van der Waals surface area contributed by atoms with Crippen LogP contribution < -0.4 is 5.32 Å².